The Morgan fingerprint density at radius 2 is 2.11 bits per heavy atom. The Bertz CT molecular complexity index is 439. The number of amides is 1. The van der Waals surface area contributed by atoms with Crippen molar-refractivity contribution in [2.45, 2.75) is 25.8 Å². The fourth-order valence-corrected chi connectivity index (χ4v) is 3.07. The van der Waals surface area contributed by atoms with Crippen LogP contribution < -0.4 is 5.32 Å². The van der Waals surface area contributed by atoms with E-state index in [2.05, 4.69) is 5.32 Å². The van der Waals surface area contributed by atoms with Crippen molar-refractivity contribution < 1.29 is 4.79 Å². The van der Waals surface area contributed by atoms with E-state index >= 15 is 0 Å². The molecule has 3 nitrogen and oxygen atoms in total. The van der Waals surface area contributed by atoms with Gasteiger partial charge in [-0.1, -0.05) is 29.3 Å². The van der Waals surface area contributed by atoms with E-state index < -0.39 is 0 Å². The van der Waals surface area contributed by atoms with Crippen molar-refractivity contribution in [1.29, 1.82) is 0 Å². The first kappa shape index (κ1) is 14.6. The number of halogens is 2. The van der Waals surface area contributed by atoms with Crippen molar-refractivity contribution in [3.63, 3.8) is 0 Å². The third kappa shape index (κ3) is 3.22. The van der Waals surface area contributed by atoms with Gasteiger partial charge in [-0.15, -0.1) is 0 Å². The number of likely N-dealkylation sites (N-methyl/N-ethyl adjacent to an activating group) is 1. The minimum absolute atomic E-state index is 0.0770. The summed E-state index contributed by atoms with van der Waals surface area (Å²) in [6.07, 6.45) is 2.11. The second kappa shape index (κ2) is 6.60. The van der Waals surface area contributed by atoms with Crippen LogP contribution in [0.3, 0.4) is 0 Å². The number of rotatable bonds is 3. The van der Waals surface area contributed by atoms with Gasteiger partial charge in [0.25, 0.3) is 5.91 Å². The highest BCUT2D eigenvalue weighted by Gasteiger charge is 2.27. The maximum Gasteiger partial charge on any atom is 0.257 e. The van der Waals surface area contributed by atoms with E-state index in [9.17, 15) is 4.79 Å². The molecule has 5 heteroatoms. The lowest BCUT2D eigenvalue weighted by atomic mass is 10.0. The molecule has 0 spiro atoms. The standard InChI is InChI=1S/C14H18Cl2N2O/c1-2-18(10-5-4-8-17-9-10)14(19)13-11(15)6-3-7-12(13)16/h3,6-7,10,17H,2,4-5,8-9H2,1H3. The molecule has 1 fully saturated rings. The van der Waals surface area contributed by atoms with Gasteiger partial charge in [0.15, 0.2) is 0 Å². The summed E-state index contributed by atoms with van der Waals surface area (Å²) in [5.41, 5.74) is 0.415. The maximum absolute atomic E-state index is 12.6. The Morgan fingerprint density at radius 3 is 2.63 bits per heavy atom. The van der Waals surface area contributed by atoms with Gasteiger partial charge in [0.05, 0.1) is 15.6 Å². The van der Waals surface area contributed by atoms with Gasteiger partial charge in [-0.3, -0.25) is 4.79 Å². The summed E-state index contributed by atoms with van der Waals surface area (Å²) < 4.78 is 0. The molecule has 1 saturated heterocycles. The normalized spacial score (nSPS) is 19.2. The van der Waals surface area contributed by atoms with Gasteiger partial charge < -0.3 is 10.2 Å². The van der Waals surface area contributed by atoms with Gasteiger partial charge in [-0.05, 0) is 38.4 Å². The van der Waals surface area contributed by atoms with Gasteiger partial charge in [0, 0.05) is 19.1 Å². The smallest absolute Gasteiger partial charge is 0.257 e. The van der Waals surface area contributed by atoms with Crippen LogP contribution in [0.4, 0.5) is 0 Å². The van der Waals surface area contributed by atoms with E-state index in [4.69, 9.17) is 23.2 Å². The van der Waals surface area contributed by atoms with Crippen molar-refractivity contribution in [1.82, 2.24) is 10.2 Å². The molecule has 1 unspecified atom stereocenters. The number of nitrogens with zero attached hydrogens (tertiary/aromatic N) is 1. The lowest BCUT2D eigenvalue weighted by Crippen LogP contribution is -2.48. The molecule has 2 rings (SSSR count). The minimum atomic E-state index is -0.0770. The predicted molar refractivity (Wildman–Crippen MR) is 79.1 cm³/mol. The number of hydrogen-bond donors (Lipinski definition) is 1. The van der Waals surface area contributed by atoms with Gasteiger partial charge in [0.1, 0.15) is 0 Å². The van der Waals surface area contributed by atoms with Crippen LogP contribution in [-0.4, -0.2) is 36.5 Å². The minimum Gasteiger partial charge on any atom is -0.335 e. The fraction of sp³-hybridized carbons (Fsp3) is 0.500. The van der Waals surface area contributed by atoms with Crippen molar-refractivity contribution >= 4 is 29.1 Å². The van der Waals surface area contributed by atoms with Crippen LogP contribution >= 0.6 is 23.2 Å². The molecule has 0 aliphatic carbocycles. The summed E-state index contributed by atoms with van der Waals surface area (Å²) >= 11 is 12.2. The summed E-state index contributed by atoms with van der Waals surface area (Å²) in [6, 6.07) is 5.37. The molecule has 1 aromatic carbocycles. The number of carbonyl (C=O) groups excluding carboxylic acids is 1. The average Bonchev–Trinajstić information content (AvgIpc) is 2.40. The molecule has 19 heavy (non-hydrogen) atoms. The SMILES string of the molecule is CCN(C(=O)c1c(Cl)cccc1Cl)C1CCCNC1. The molecule has 1 N–H and O–H groups in total. The summed E-state index contributed by atoms with van der Waals surface area (Å²) in [6.45, 7) is 4.50. The molecular formula is C14H18Cl2N2O. The molecule has 1 amide bonds. The summed E-state index contributed by atoms with van der Waals surface area (Å²) in [5.74, 6) is -0.0770. The highest BCUT2D eigenvalue weighted by atomic mass is 35.5. The molecule has 0 saturated carbocycles. The average molecular weight is 301 g/mol. The Morgan fingerprint density at radius 1 is 1.42 bits per heavy atom. The number of carbonyl (C=O) groups is 1. The summed E-state index contributed by atoms with van der Waals surface area (Å²) in [7, 11) is 0. The van der Waals surface area contributed by atoms with E-state index in [0.717, 1.165) is 25.9 Å². The van der Waals surface area contributed by atoms with Crippen molar-refractivity contribution in [3.05, 3.63) is 33.8 Å². The quantitative estimate of drug-likeness (QED) is 0.930. The van der Waals surface area contributed by atoms with E-state index in [-0.39, 0.29) is 11.9 Å². The van der Waals surface area contributed by atoms with Crippen LogP contribution in [0.1, 0.15) is 30.1 Å². The van der Waals surface area contributed by atoms with Crippen LogP contribution in [0.25, 0.3) is 0 Å². The number of hydrogen-bond acceptors (Lipinski definition) is 2. The molecule has 104 valence electrons. The monoisotopic (exact) mass is 300 g/mol. The van der Waals surface area contributed by atoms with E-state index in [1.54, 1.807) is 18.2 Å². The second-order valence-corrected chi connectivity index (χ2v) is 5.50. The van der Waals surface area contributed by atoms with Crippen LogP contribution in [-0.2, 0) is 0 Å². The topological polar surface area (TPSA) is 32.3 Å². The fourth-order valence-electron chi connectivity index (χ4n) is 2.51. The van der Waals surface area contributed by atoms with Crippen LogP contribution in [0.5, 0.6) is 0 Å². The third-order valence-corrected chi connectivity index (χ3v) is 4.12. The molecule has 0 aromatic heterocycles. The van der Waals surface area contributed by atoms with Gasteiger partial charge in [-0.2, -0.15) is 0 Å². The Balaban J connectivity index is 2.25. The summed E-state index contributed by atoms with van der Waals surface area (Å²) in [4.78, 5) is 14.5. The zero-order valence-electron chi connectivity index (χ0n) is 11.0. The first-order valence-electron chi connectivity index (χ1n) is 6.60. The van der Waals surface area contributed by atoms with E-state index in [0.29, 0.717) is 22.2 Å². The van der Waals surface area contributed by atoms with E-state index in [1.165, 1.54) is 0 Å². The molecule has 1 atom stereocenters. The van der Waals surface area contributed by atoms with Crippen LogP contribution in [0.2, 0.25) is 10.0 Å². The van der Waals surface area contributed by atoms with Crippen molar-refractivity contribution in [2.75, 3.05) is 19.6 Å². The van der Waals surface area contributed by atoms with Crippen molar-refractivity contribution in [3.8, 4) is 0 Å². The predicted octanol–water partition coefficient (Wildman–Crippen LogP) is 3.21. The largest absolute Gasteiger partial charge is 0.335 e. The maximum atomic E-state index is 12.6. The van der Waals surface area contributed by atoms with Crippen molar-refractivity contribution in [2.24, 2.45) is 0 Å². The first-order chi connectivity index (χ1) is 9.15. The number of piperidine rings is 1. The number of benzene rings is 1. The summed E-state index contributed by atoms with van der Waals surface area (Å²) in [5, 5.41) is 4.16. The van der Waals surface area contributed by atoms with Crippen LogP contribution in [0, 0.1) is 0 Å². The zero-order valence-corrected chi connectivity index (χ0v) is 12.5. The molecule has 0 radical (unpaired) electrons. The highest BCUT2D eigenvalue weighted by Crippen LogP contribution is 2.27. The van der Waals surface area contributed by atoms with Gasteiger partial charge >= 0.3 is 0 Å². The molecular weight excluding hydrogens is 283 g/mol. The Labute approximate surface area is 123 Å². The van der Waals surface area contributed by atoms with Gasteiger partial charge in [-0.25, -0.2) is 0 Å². The molecule has 1 aromatic rings. The lowest BCUT2D eigenvalue weighted by molar-refractivity contribution is 0.0662. The first-order valence-corrected chi connectivity index (χ1v) is 7.36. The molecule has 1 aliphatic heterocycles. The Kier molecular flexibility index (Phi) is 5.08. The zero-order chi connectivity index (χ0) is 13.8. The molecule has 0 bridgehead atoms. The van der Waals surface area contributed by atoms with Crippen LogP contribution in [0.15, 0.2) is 18.2 Å². The Hall–Kier alpha value is -0.770. The lowest BCUT2D eigenvalue weighted by Gasteiger charge is -2.34. The van der Waals surface area contributed by atoms with Gasteiger partial charge in [0.2, 0.25) is 0 Å². The third-order valence-electron chi connectivity index (χ3n) is 3.49. The second-order valence-electron chi connectivity index (χ2n) is 4.69. The van der Waals surface area contributed by atoms with E-state index in [1.807, 2.05) is 11.8 Å². The number of nitrogens with one attached hydrogen (secondary N) is 1. The molecule has 1 heterocycles. The molecule has 1 aliphatic rings. The highest BCUT2D eigenvalue weighted by molar-refractivity contribution is 6.39.